The van der Waals surface area contributed by atoms with Crippen molar-refractivity contribution in [3.63, 3.8) is 0 Å². The number of esters is 1. The first-order valence-corrected chi connectivity index (χ1v) is 13.9. The molecule has 0 saturated carbocycles. The van der Waals surface area contributed by atoms with Crippen LogP contribution in [0.2, 0.25) is 0 Å². The van der Waals surface area contributed by atoms with E-state index in [0.29, 0.717) is 38.7 Å². The first kappa shape index (κ1) is 26.4. The highest BCUT2D eigenvalue weighted by Crippen LogP contribution is 2.36. The van der Waals surface area contributed by atoms with Crippen LogP contribution >= 0.6 is 22.7 Å². The molecule has 1 aliphatic rings. The van der Waals surface area contributed by atoms with Gasteiger partial charge in [0.2, 0.25) is 0 Å². The highest BCUT2D eigenvalue weighted by Gasteiger charge is 2.34. The van der Waals surface area contributed by atoms with Gasteiger partial charge in [-0.25, -0.2) is 9.79 Å². The van der Waals surface area contributed by atoms with E-state index in [0.717, 1.165) is 10.4 Å². The molecule has 5 rings (SSSR count). The number of allylic oxidation sites excluding steroid dienone is 1. The molecule has 9 heteroatoms. The molecule has 0 saturated heterocycles. The Morgan fingerprint density at radius 2 is 1.95 bits per heavy atom. The normalized spacial score (nSPS) is 14.9. The van der Waals surface area contributed by atoms with Crippen LogP contribution in [0.3, 0.4) is 0 Å². The third-order valence-electron chi connectivity index (χ3n) is 6.13. The van der Waals surface area contributed by atoms with Crippen LogP contribution in [0.15, 0.2) is 99.8 Å². The molecule has 3 heterocycles. The molecule has 0 aliphatic carbocycles. The number of hydrogen-bond acceptors (Lipinski definition) is 8. The second kappa shape index (κ2) is 11.7. The van der Waals surface area contributed by atoms with Gasteiger partial charge >= 0.3 is 5.97 Å². The van der Waals surface area contributed by atoms with Crippen LogP contribution < -0.4 is 24.4 Å². The molecule has 0 spiro atoms. The van der Waals surface area contributed by atoms with Gasteiger partial charge in [0.25, 0.3) is 5.56 Å². The van der Waals surface area contributed by atoms with Crippen LogP contribution in [0.5, 0.6) is 11.5 Å². The van der Waals surface area contributed by atoms with Gasteiger partial charge in [0.15, 0.2) is 16.3 Å². The maximum Gasteiger partial charge on any atom is 0.338 e. The van der Waals surface area contributed by atoms with E-state index in [4.69, 9.17) is 14.2 Å². The number of methoxy groups -OCH3 is 1. The summed E-state index contributed by atoms with van der Waals surface area (Å²) in [6.07, 6.45) is 3.35. The monoisotopic (exact) mass is 558 g/mol. The highest BCUT2D eigenvalue weighted by molar-refractivity contribution is 7.11. The second-order valence-corrected chi connectivity index (χ2v) is 10.7. The summed E-state index contributed by atoms with van der Waals surface area (Å²) in [5, 5.41) is 1.96. The Balaban J connectivity index is 1.61. The van der Waals surface area contributed by atoms with Gasteiger partial charge in [-0.05, 0) is 47.7 Å². The van der Waals surface area contributed by atoms with Gasteiger partial charge in [-0.3, -0.25) is 9.36 Å². The Morgan fingerprint density at radius 1 is 1.13 bits per heavy atom. The molecule has 39 heavy (non-hydrogen) atoms. The van der Waals surface area contributed by atoms with E-state index in [-0.39, 0.29) is 17.7 Å². The van der Waals surface area contributed by atoms with Gasteiger partial charge in [-0.15, -0.1) is 11.3 Å². The number of hydrogen-bond donors (Lipinski definition) is 0. The zero-order valence-corrected chi connectivity index (χ0v) is 23.1. The van der Waals surface area contributed by atoms with Crippen molar-refractivity contribution in [3.05, 3.63) is 126 Å². The van der Waals surface area contributed by atoms with Crippen molar-refractivity contribution in [2.45, 2.75) is 19.6 Å². The molecular weight excluding hydrogens is 532 g/mol. The summed E-state index contributed by atoms with van der Waals surface area (Å²) in [5.41, 5.74) is 2.23. The molecule has 4 aromatic rings. The summed E-state index contributed by atoms with van der Waals surface area (Å²) in [7, 11) is 1.56. The van der Waals surface area contributed by atoms with Crippen LogP contribution in [0.4, 0.5) is 0 Å². The molecule has 198 valence electrons. The Kier molecular flexibility index (Phi) is 7.90. The van der Waals surface area contributed by atoms with Crippen LogP contribution in [-0.4, -0.2) is 24.3 Å². The molecule has 1 atom stereocenters. The van der Waals surface area contributed by atoms with E-state index in [1.165, 1.54) is 17.4 Å². The molecule has 0 amide bonds. The lowest BCUT2D eigenvalue weighted by Gasteiger charge is -2.25. The van der Waals surface area contributed by atoms with Gasteiger partial charge in [0, 0.05) is 4.88 Å². The molecule has 2 aromatic heterocycles. The van der Waals surface area contributed by atoms with Gasteiger partial charge in [-0.1, -0.05) is 66.5 Å². The van der Waals surface area contributed by atoms with Crippen molar-refractivity contribution in [1.82, 2.24) is 4.57 Å². The second-order valence-electron chi connectivity index (χ2n) is 8.67. The maximum absolute atomic E-state index is 13.7. The van der Waals surface area contributed by atoms with Crippen LogP contribution in [-0.2, 0) is 16.1 Å². The van der Waals surface area contributed by atoms with Crippen molar-refractivity contribution in [2.75, 3.05) is 13.7 Å². The van der Waals surface area contributed by atoms with Gasteiger partial charge in [0.1, 0.15) is 13.2 Å². The third-order valence-corrected chi connectivity index (χ3v) is 7.93. The number of rotatable bonds is 9. The molecule has 0 fully saturated rings. The minimum Gasteiger partial charge on any atom is -0.493 e. The molecule has 1 unspecified atom stereocenters. The lowest BCUT2D eigenvalue weighted by atomic mass is 9.95. The number of nitrogens with zero attached hydrogens (tertiary/aromatic N) is 2. The van der Waals surface area contributed by atoms with Crippen molar-refractivity contribution in [2.24, 2.45) is 4.99 Å². The van der Waals surface area contributed by atoms with Crippen LogP contribution in [0, 0.1) is 0 Å². The highest BCUT2D eigenvalue weighted by atomic mass is 32.1. The summed E-state index contributed by atoms with van der Waals surface area (Å²) in [5.74, 6) is 0.473. The predicted octanol–water partition coefficient (Wildman–Crippen LogP) is 4.61. The zero-order chi connectivity index (χ0) is 27.4. The summed E-state index contributed by atoms with van der Waals surface area (Å²) in [6, 6.07) is 18.4. The number of benzene rings is 2. The topological polar surface area (TPSA) is 79.1 Å². The summed E-state index contributed by atoms with van der Waals surface area (Å²) in [6.45, 7) is 5.79. The van der Waals surface area contributed by atoms with Gasteiger partial charge in [0.05, 0.1) is 29.0 Å². The number of aromatic nitrogens is 1. The Morgan fingerprint density at radius 3 is 2.67 bits per heavy atom. The number of thiazole rings is 1. The Bertz CT molecular complexity index is 1720. The third kappa shape index (κ3) is 5.50. The van der Waals surface area contributed by atoms with Crippen LogP contribution in [0.1, 0.15) is 29.0 Å². The summed E-state index contributed by atoms with van der Waals surface area (Å²) >= 11 is 2.83. The van der Waals surface area contributed by atoms with Crippen molar-refractivity contribution >= 4 is 34.7 Å². The molecular formula is C30H26N2O5S2. The fraction of sp³-hybridized carbons (Fsp3) is 0.167. The van der Waals surface area contributed by atoms with E-state index in [2.05, 4.69) is 11.6 Å². The van der Waals surface area contributed by atoms with Crippen molar-refractivity contribution in [1.29, 1.82) is 0 Å². The maximum atomic E-state index is 13.7. The standard InChI is InChI=1S/C30H26N2O5S2/c1-4-14-36-29(34)26-19(2)31-30-32(28(33)25(39-30)17-22-11-8-15-38-22)27(26)21-12-13-23(24(16-21)35-3)37-18-20-9-6-5-7-10-20/h4-13,15-17,27H,1,14,18H2,2-3H3. The lowest BCUT2D eigenvalue weighted by Crippen LogP contribution is -2.39. The molecule has 2 aromatic carbocycles. The van der Waals surface area contributed by atoms with Gasteiger partial charge in [-0.2, -0.15) is 0 Å². The number of carbonyl (C=O) groups excluding carboxylic acids is 1. The molecule has 7 nitrogen and oxygen atoms in total. The lowest BCUT2D eigenvalue weighted by molar-refractivity contribution is -0.138. The average molecular weight is 559 g/mol. The Hall–Kier alpha value is -4.21. The minimum absolute atomic E-state index is 0.0424. The van der Waals surface area contributed by atoms with E-state index in [1.807, 2.05) is 60.0 Å². The molecule has 0 radical (unpaired) electrons. The summed E-state index contributed by atoms with van der Waals surface area (Å²) in [4.78, 5) is 33.1. The minimum atomic E-state index is -0.763. The van der Waals surface area contributed by atoms with E-state index in [1.54, 1.807) is 42.1 Å². The van der Waals surface area contributed by atoms with Crippen molar-refractivity contribution in [3.8, 4) is 11.5 Å². The van der Waals surface area contributed by atoms with E-state index < -0.39 is 12.0 Å². The number of fused-ring (bicyclic) bond motifs is 1. The largest absolute Gasteiger partial charge is 0.493 e. The Labute approximate surface area is 233 Å². The smallest absolute Gasteiger partial charge is 0.338 e. The number of carbonyl (C=O) groups is 1. The average Bonchev–Trinajstić information content (AvgIpc) is 3.58. The number of ether oxygens (including phenoxy) is 3. The van der Waals surface area contributed by atoms with E-state index in [9.17, 15) is 9.59 Å². The summed E-state index contributed by atoms with van der Waals surface area (Å²) < 4.78 is 19.2. The van der Waals surface area contributed by atoms with Gasteiger partial charge < -0.3 is 14.2 Å². The SMILES string of the molecule is C=CCOC(=O)C1=C(C)N=c2sc(=Cc3cccs3)c(=O)n2C1c1ccc(OCc2ccccc2)c(OC)c1. The number of thiophene rings is 1. The molecule has 0 N–H and O–H groups in total. The molecule has 1 aliphatic heterocycles. The molecule has 0 bridgehead atoms. The fourth-order valence-electron chi connectivity index (χ4n) is 4.32. The first-order valence-electron chi connectivity index (χ1n) is 12.2. The quantitative estimate of drug-likeness (QED) is 0.221. The first-order chi connectivity index (χ1) is 19.0. The zero-order valence-electron chi connectivity index (χ0n) is 21.5. The van der Waals surface area contributed by atoms with E-state index >= 15 is 0 Å². The van der Waals surface area contributed by atoms with Crippen LogP contribution in [0.25, 0.3) is 6.08 Å². The van der Waals surface area contributed by atoms with Crippen molar-refractivity contribution < 1.29 is 19.0 Å². The fourth-order valence-corrected chi connectivity index (χ4v) is 6.09. The predicted molar refractivity (Wildman–Crippen MR) is 153 cm³/mol.